The van der Waals surface area contributed by atoms with E-state index in [9.17, 15) is 13.2 Å². The maximum absolute atomic E-state index is 13.1. The van der Waals surface area contributed by atoms with Crippen LogP contribution in [0, 0.1) is 0 Å². The Balaban J connectivity index is 1.57. The number of anilines is 1. The van der Waals surface area contributed by atoms with Crippen LogP contribution in [-0.2, 0) is 10.0 Å². The fourth-order valence-corrected chi connectivity index (χ4v) is 6.02. The molecule has 1 amide bonds. The lowest BCUT2D eigenvalue weighted by Gasteiger charge is -2.19. The van der Waals surface area contributed by atoms with Gasteiger partial charge in [-0.3, -0.25) is 4.79 Å². The van der Waals surface area contributed by atoms with Crippen LogP contribution in [0.4, 0.5) is 5.69 Å². The standard InChI is InChI=1S/C24H30N2O6S/c1-30-20-12-10-18(16-22(20)32-19-7-3-4-8-19)25-24(27)17-9-11-21(31-2)23(15-17)33(28,29)26-13-5-6-14-26/h9-12,15-16,19H,3-8,13-14H2,1-2H3,(H,25,27). The van der Waals surface area contributed by atoms with Crippen molar-refractivity contribution < 1.29 is 27.4 Å². The molecule has 4 rings (SSSR count). The van der Waals surface area contributed by atoms with E-state index in [1.165, 1.54) is 23.5 Å². The largest absolute Gasteiger partial charge is 0.495 e. The molecule has 2 fully saturated rings. The van der Waals surface area contributed by atoms with Gasteiger partial charge in [-0.2, -0.15) is 4.31 Å². The normalized spacial score (nSPS) is 17.2. The second-order valence-corrected chi connectivity index (χ2v) is 10.2. The maximum Gasteiger partial charge on any atom is 0.255 e. The van der Waals surface area contributed by atoms with E-state index in [1.807, 2.05) is 0 Å². The minimum Gasteiger partial charge on any atom is -0.495 e. The molecule has 1 aliphatic carbocycles. The zero-order valence-electron chi connectivity index (χ0n) is 19.0. The van der Waals surface area contributed by atoms with Crippen molar-refractivity contribution >= 4 is 21.6 Å². The Labute approximate surface area is 194 Å². The number of hydrogen-bond acceptors (Lipinski definition) is 6. The van der Waals surface area contributed by atoms with Crippen LogP contribution in [0.1, 0.15) is 48.9 Å². The molecule has 1 aliphatic heterocycles. The molecule has 1 saturated heterocycles. The SMILES string of the molecule is COc1ccc(NC(=O)c2ccc(OC)c(S(=O)(=O)N3CCCC3)c2)cc1OC1CCCC1. The summed E-state index contributed by atoms with van der Waals surface area (Å²) in [5.74, 6) is 0.972. The second kappa shape index (κ2) is 10.0. The third-order valence-corrected chi connectivity index (χ3v) is 8.05. The molecule has 0 radical (unpaired) electrons. The summed E-state index contributed by atoms with van der Waals surface area (Å²) in [6.07, 6.45) is 6.08. The first-order chi connectivity index (χ1) is 15.9. The zero-order chi connectivity index (χ0) is 23.4. The van der Waals surface area contributed by atoms with Gasteiger partial charge in [0.1, 0.15) is 10.6 Å². The highest BCUT2D eigenvalue weighted by Crippen LogP contribution is 2.34. The molecule has 1 N–H and O–H groups in total. The topological polar surface area (TPSA) is 94.2 Å². The average molecular weight is 475 g/mol. The van der Waals surface area contributed by atoms with Gasteiger partial charge in [0.05, 0.1) is 20.3 Å². The third kappa shape index (κ3) is 5.09. The quantitative estimate of drug-likeness (QED) is 0.620. The van der Waals surface area contributed by atoms with Crippen molar-refractivity contribution in [3.05, 3.63) is 42.0 Å². The smallest absolute Gasteiger partial charge is 0.255 e. The number of amides is 1. The van der Waals surface area contributed by atoms with Crippen molar-refractivity contribution in [2.75, 3.05) is 32.6 Å². The van der Waals surface area contributed by atoms with Crippen LogP contribution in [0.25, 0.3) is 0 Å². The monoisotopic (exact) mass is 474 g/mol. The first-order valence-corrected chi connectivity index (χ1v) is 12.7. The fourth-order valence-electron chi connectivity index (χ4n) is 4.32. The van der Waals surface area contributed by atoms with E-state index in [2.05, 4.69) is 5.32 Å². The van der Waals surface area contributed by atoms with Gasteiger partial charge in [0, 0.05) is 30.4 Å². The van der Waals surface area contributed by atoms with Crippen molar-refractivity contribution in [1.82, 2.24) is 4.31 Å². The Bertz CT molecular complexity index is 1110. The molecule has 33 heavy (non-hydrogen) atoms. The predicted octanol–water partition coefficient (Wildman–Crippen LogP) is 4.06. The highest BCUT2D eigenvalue weighted by atomic mass is 32.2. The van der Waals surface area contributed by atoms with Crippen LogP contribution < -0.4 is 19.5 Å². The number of methoxy groups -OCH3 is 2. The third-order valence-electron chi connectivity index (χ3n) is 6.13. The number of nitrogens with zero attached hydrogens (tertiary/aromatic N) is 1. The molecule has 2 aromatic rings. The van der Waals surface area contributed by atoms with Crippen molar-refractivity contribution in [3.8, 4) is 17.2 Å². The minimum absolute atomic E-state index is 0.000429. The first-order valence-electron chi connectivity index (χ1n) is 11.3. The molecule has 2 aliphatic rings. The Morgan fingerprint density at radius 1 is 0.909 bits per heavy atom. The van der Waals surface area contributed by atoms with Gasteiger partial charge in [0.15, 0.2) is 11.5 Å². The molecule has 0 atom stereocenters. The van der Waals surface area contributed by atoms with E-state index in [0.29, 0.717) is 30.3 Å². The number of ether oxygens (including phenoxy) is 3. The minimum atomic E-state index is -3.75. The fraction of sp³-hybridized carbons (Fsp3) is 0.458. The van der Waals surface area contributed by atoms with E-state index in [4.69, 9.17) is 14.2 Å². The molecule has 8 nitrogen and oxygen atoms in total. The summed E-state index contributed by atoms with van der Waals surface area (Å²) in [6.45, 7) is 0.940. The van der Waals surface area contributed by atoms with Gasteiger partial charge in [-0.1, -0.05) is 0 Å². The van der Waals surface area contributed by atoms with Crippen LogP contribution in [0.5, 0.6) is 17.2 Å². The summed E-state index contributed by atoms with van der Waals surface area (Å²) in [5, 5.41) is 2.84. The van der Waals surface area contributed by atoms with Crippen LogP contribution in [0.3, 0.4) is 0 Å². The van der Waals surface area contributed by atoms with E-state index in [-0.39, 0.29) is 22.3 Å². The van der Waals surface area contributed by atoms with Gasteiger partial charge in [-0.15, -0.1) is 0 Å². The van der Waals surface area contributed by atoms with Gasteiger partial charge in [0.2, 0.25) is 10.0 Å². The maximum atomic E-state index is 13.1. The van der Waals surface area contributed by atoms with Gasteiger partial charge >= 0.3 is 0 Å². The van der Waals surface area contributed by atoms with Gasteiger partial charge in [0.25, 0.3) is 5.91 Å². The van der Waals surface area contributed by atoms with Crippen LogP contribution in [0.15, 0.2) is 41.3 Å². The Morgan fingerprint density at radius 2 is 1.58 bits per heavy atom. The summed E-state index contributed by atoms with van der Waals surface area (Å²) < 4.78 is 44.4. The second-order valence-electron chi connectivity index (χ2n) is 8.32. The molecular weight excluding hydrogens is 444 g/mol. The molecule has 2 aromatic carbocycles. The van der Waals surface area contributed by atoms with Gasteiger partial charge < -0.3 is 19.5 Å². The number of hydrogen-bond donors (Lipinski definition) is 1. The zero-order valence-corrected chi connectivity index (χ0v) is 19.8. The molecule has 178 valence electrons. The molecule has 9 heteroatoms. The number of rotatable bonds is 8. The summed E-state index contributed by atoms with van der Waals surface area (Å²) in [4.78, 5) is 13.0. The van der Waals surface area contributed by atoms with Gasteiger partial charge in [-0.25, -0.2) is 8.42 Å². The van der Waals surface area contributed by atoms with Gasteiger partial charge in [-0.05, 0) is 68.9 Å². The van der Waals surface area contributed by atoms with Crippen molar-refractivity contribution in [2.24, 2.45) is 0 Å². The van der Waals surface area contributed by atoms with Crippen LogP contribution in [0.2, 0.25) is 0 Å². The molecule has 0 unspecified atom stereocenters. The van der Waals surface area contributed by atoms with E-state index < -0.39 is 15.9 Å². The lowest BCUT2D eigenvalue weighted by atomic mass is 10.2. The summed E-state index contributed by atoms with van der Waals surface area (Å²) in [5.41, 5.74) is 0.760. The Morgan fingerprint density at radius 3 is 2.24 bits per heavy atom. The molecule has 0 bridgehead atoms. The molecule has 1 heterocycles. The summed E-state index contributed by atoms with van der Waals surface area (Å²) in [6, 6.07) is 9.65. The van der Waals surface area contributed by atoms with Crippen molar-refractivity contribution in [3.63, 3.8) is 0 Å². The van der Waals surface area contributed by atoms with Crippen molar-refractivity contribution in [1.29, 1.82) is 0 Å². The number of nitrogens with one attached hydrogen (secondary N) is 1. The predicted molar refractivity (Wildman–Crippen MR) is 125 cm³/mol. The molecule has 1 saturated carbocycles. The van der Waals surface area contributed by atoms with Crippen LogP contribution in [-0.4, -0.2) is 52.0 Å². The Hall–Kier alpha value is -2.78. The lowest BCUT2D eigenvalue weighted by Crippen LogP contribution is -2.28. The number of benzene rings is 2. The Kier molecular flexibility index (Phi) is 7.09. The van der Waals surface area contributed by atoms with Crippen molar-refractivity contribution in [2.45, 2.75) is 49.5 Å². The number of carbonyl (C=O) groups is 1. The lowest BCUT2D eigenvalue weighted by molar-refractivity contribution is 0.102. The highest BCUT2D eigenvalue weighted by Gasteiger charge is 2.30. The number of sulfonamides is 1. The van der Waals surface area contributed by atoms with E-state index in [0.717, 1.165) is 38.5 Å². The molecule has 0 aromatic heterocycles. The highest BCUT2D eigenvalue weighted by molar-refractivity contribution is 7.89. The van der Waals surface area contributed by atoms with Crippen LogP contribution >= 0.6 is 0 Å². The average Bonchev–Trinajstić information content (AvgIpc) is 3.54. The first kappa shape index (κ1) is 23.4. The summed E-state index contributed by atoms with van der Waals surface area (Å²) in [7, 11) is -0.752. The molecular formula is C24H30N2O6S. The van der Waals surface area contributed by atoms with E-state index >= 15 is 0 Å². The number of carbonyl (C=O) groups excluding carboxylic acids is 1. The molecule has 0 spiro atoms. The van der Waals surface area contributed by atoms with E-state index in [1.54, 1.807) is 31.4 Å². The summed E-state index contributed by atoms with van der Waals surface area (Å²) >= 11 is 0.